The van der Waals surface area contributed by atoms with Crippen molar-refractivity contribution in [2.24, 2.45) is 5.92 Å². The Kier molecular flexibility index (Phi) is 6.29. The first-order valence-corrected chi connectivity index (χ1v) is 10.8. The monoisotopic (exact) mass is 386 g/mol. The molecule has 1 saturated heterocycles. The highest BCUT2D eigenvalue weighted by atomic mass is 32.2. The second kappa shape index (κ2) is 8.67. The minimum absolute atomic E-state index is 0.0238. The number of rotatable bonds is 6. The van der Waals surface area contributed by atoms with Gasteiger partial charge in [-0.3, -0.25) is 4.79 Å². The number of piperidine rings is 1. The summed E-state index contributed by atoms with van der Waals surface area (Å²) in [6.07, 6.45) is 1.86. The molecule has 0 aliphatic carbocycles. The van der Waals surface area contributed by atoms with Crippen molar-refractivity contribution < 1.29 is 13.2 Å². The Bertz CT molecular complexity index is 846. The number of hydrogen-bond acceptors (Lipinski definition) is 3. The van der Waals surface area contributed by atoms with Gasteiger partial charge in [0.1, 0.15) is 0 Å². The summed E-state index contributed by atoms with van der Waals surface area (Å²) in [7, 11) is -3.44. The van der Waals surface area contributed by atoms with Crippen LogP contribution in [0.4, 0.5) is 0 Å². The number of nitrogens with one attached hydrogen (secondary N) is 1. The van der Waals surface area contributed by atoms with E-state index in [0.717, 1.165) is 5.56 Å². The van der Waals surface area contributed by atoms with Crippen LogP contribution in [0.15, 0.2) is 65.6 Å². The lowest BCUT2D eigenvalue weighted by Gasteiger charge is -2.31. The fourth-order valence-corrected chi connectivity index (χ4v) is 4.97. The molecular formula is C21H26N2O3S. The number of hydrogen-bond donors (Lipinski definition) is 1. The zero-order valence-electron chi connectivity index (χ0n) is 15.5. The van der Waals surface area contributed by atoms with Gasteiger partial charge >= 0.3 is 0 Å². The Morgan fingerprint density at radius 1 is 1.04 bits per heavy atom. The zero-order chi connectivity index (χ0) is 19.3. The van der Waals surface area contributed by atoms with Gasteiger partial charge in [-0.2, -0.15) is 4.31 Å². The van der Waals surface area contributed by atoms with Crippen LogP contribution >= 0.6 is 0 Å². The van der Waals surface area contributed by atoms with Gasteiger partial charge in [-0.25, -0.2) is 8.42 Å². The maximum atomic E-state index is 12.7. The highest BCUT2D eigenvalue weighted by Gasteiger charge is 2.30. The second-order valence-electron chi connectivity index (χ2n) is 7.06. The van der Waals surface area contributed by atoms with Crippen molar-refractivity contribution in [1.82, 2.24) is 9.62 Å². The molecule has 1 N–H and O–H groups in total. The van der Waals surface area contributed by atoms with Crippen LogP contribution in [0, 0.1) is 5.92 Å². The quantitative estimate of drug-likeness (QED) is 0.828. The Hall–Kier alpha value is -2.18. The third-order valence-electron chi connectivity index (χ3n) is 5.11. The molecule has 0 radical (unpaired) electrons. The highest BCUT2D eigenvalue weighted by molar-refractivity contribution is 7.89. The standard InChI is InChI=1S/C21H26N2O3S/c1-17(19-8-4-2-5-9-19)22-21(24)16-18-12-14-23(15-13-18)27(25,26)20-10-6-3-7-11-20/h2-11,17-18H,12-16H2,1H3,(H,22,24)/t17-/m0/s1. The lowest BCUT2D eigenvalue weighted by Crippen LogP contribution is -2.39. The van der Waals surface area contributed by atoms with Gasteiger partial charge < -0.3 is 5.32 Å². The Morgan fingerprint density at radius 3 is 2.19 bits per heavy atom. The van der Waals surface area contributed by atoms with E-state index >= 15 is 0 Å². The molecule has 27 heavy (non-hydrogen) atoms. The third kappa shape index (κ3) is 4.96. The van der Waals surface area contributed by atoms with E-state index in [9.17, 15) is 13.2 Å². The number of carbonyl (C=O) groups is 1. The van der Waals surface area contributed by atoms with Crippen LogP contribution in [-0.4, -0.2) is 31.7 Å². The average molecular weight is 387 g/mol. The van der Waals surface area contributed by atoms with E-state index in [2.05, 4.69) is 5.32 Å². The van der Waals surface area contributed by atoms with Crippen molar-refractivity contribution in [3.05, 3.63) is 66.2 Å². The van der Waals surface area contributed by atoms with Crippen LogP contribution < -0.4 is 5.32 Å². The molecule has 1 fully saturated rings. The molecule has 3 rings (SSSR count). The minimum atomic E-state index is -3.44. The molecule has 0 spiro atoms. The molecule has 0 unspecified atom stereocenters. The Labute approximate surface area is 161 Å². The molecule has 0 aromatic heterocycles. The number of benzene rings is 2. The molecular weight excluding hydrogens is 360 g/mol. The maximum absolute atomic E-state index is 12.7. The van der Waals surface area contributed by atoms with Crippen LogP contribution in [0.1, 0.15) is 37.8 Å². The van der Waals surface area contributed by atoms with Gasteiger partial charge in [0.15, 0.2) is 0 Å². The molecule has 2 aromatic carbocycles. The van der Waals surface area contributed by atoms with E-state index in [4.69, 9.17) is 0 Å². The van der Waals surface area contributed by atoms with Gasteiger partial charge in [0.25, 0.3) is 0 Å². The molecule has 1 atom stereocenters. The average Bonchev–Trinajstić information content (AvgIpc) is 2.69. The van der Waals surface area contributed by atoms with Crippen LogP contribution in [0.3, 0.4) is 0 Å². The summed E-state index contributed by atoms with van der Waals surface area (Å²) in [6, 6.07) is 18.4. The first kappa shape index (κ1) is 19.6. The summed E-state index contributed by atoms with van der Waals surface area (Å²) < 4.78 is 26.9. The van der Waals surface area contributed by atoms with E-state index < -0.39 is 10.0 Å². The fourth-order valence-electron chi connectivity index (χ4n) is 3.48. The topological polar surface area (TPSA) is 66.5 Å². The van der Waals surface area contributed by atoms with Crippen LogP contribution in [0.25, 0.3) is 0 Å². The molecule has 1 aliphatic heterocycles. The number of carbonyl (C=O) groups excluding carboxylic acids is 1. The first-order chi connectivity index (χ1) is 13.0. The Balaban J connectivity index is 1.50. The first-order valence-electron chi connectivity index (χ1n) is 9.36. The van der Waals surface area contributed by atoms with Crippen molar-refractivity contribution in [3.63, 3.8) is 0 Å². The van der Waals surface area contributed by atoms with Crippen molar-refractivity contribution in [1.29, 1.82) is 0 Å². The smallest absolute Gasteiger partial charge is 0.243 e. The van der Waals surface area contributed by atoms with Crippen LogP contribution in [0.5, 0.6) is 0 Å². The maximum Gasteiger partial charge on any atom is 0.243 e. The lowest BCUT2D eigenvalue weighted by atomic mass is 9.94. The molecule has 0 bridgehead atoms. The predicted octanol–water partition coefficient (Wildman–Crippen LogP) is 3.35. The van der Waals surface area contributed by atoms with Crippen LogP contribution in [-0.2, 0) is 14.8 Å². The summed E-state index contributed by atoms with van der Waals surface area (Å²) in [4.78, 5) is 12.7. The summed E-state index contributed by atoms with van der Waals surface area (Å²) in [5, 5.41) is 3.04. The van der Waals surface area contributed by atoms with E-state index in [1.165, 1.54) is 4.31 Å². The molecule has 2 aromatic rings. The second-order valence-corrected chi connectivity index (χ2v) is 9.00. The SMILES string of the molecule is C[C@H](NC(=O)CC1CCN(S(=O)(=O)c2ccccc2)CC1)c1ccccc1. The number of sulfonamides is 1. The third-order valence-corrected chi connectivity index (χ3v) is 7.02. The van der Waals surface area contributed by atoms with Gasteiger partial charge in [-0.05, 0) is 43.4 Å². The minimum Gasteiger partial charge on any atom is -0.350 e. The summed E-state index contributed by atoms with van der Waals surface area (Å²) >= 11 is 0. The van der Waals surface area contributed by atoms with Gasteiger partial charge in [-0.15, -0.1) is 0 Å². The van der Waals surface area contributed by atoms with Gasteiger partial charge in [0, 0.05) is 19.5 Å². The molecule has 1 amide bonds. The lowest BCUT2D eigenvalue weighted by molar-refractivity contribution is -0.122. The fraction of sp³-hybridized carbons (Fsp3) is 0.381. The van der Waals surface area contributed by atoms with E-state index in [1.54, 1.807) is 30.3 Å². The molecule has 1 aliphatic rings. The molecule has 6 heteroatoms. The number of amides is 1. The van der Waals surface area contributed by atoms with Gasteiger partial charge in [-0.1, -0.05) is 48.5 Å². The summed E-state index contributed by atoms with van der Waals surface area (Å²) in [5.41, 5.74) is 1.08. The summed E-state index contributed by atoms with van der Waals surface area (Å²) in [6.45, 7) is 2.90. The van der Waals surface area contributed by atoms with Crippen molar-refractivity contribution >= 4 is 15.9 Å². The van der Waals surface area contributed by atoms with Gasteiger partial charge in [0.05, 0.1) is 10.9 Å². The van der Waals surface area contributed by atoms with E-state index in [1.807, 2.05) is 37.3 Å². The molecule has 1 heterocycles. The van der Waals surface area contributed by atoms with Crippen molar-refractivity contribution in [2.45, 2.75) is 37.1 Å². The number of nitrogens with zero attached hydrogens (tertiary/aromatic N) is 1. The largest absolute Gasteiger partial charge is 0.350 e. The van der Waals surface area contributed by atoms with Crippen molar-refractivity contribution in [3.8, 4) is 0 Å². The predicted molar refractivity (Wildman–Crippen MR) is 106 cm³/mol. The molecule has 144 valence electrons. The Morgan fingerprint density at radius 2 is 1.59 bits per heavy atom. The zero-order valence-corrected chi connectivity index (χ0v) is 16.4. The highest BCUT2D eigenvalue weighted by Crippen LogP contribution is 2.26. The van der Waals surface area contributed by atoms with E-state index in [-0.39, 0.29) is 17.9 Å². The van der Waals surface area contributed by atoms with E-state index in [0.29, 0.717) is 37.2 Å². The van der Waals surface area contributed by atoms with Crippen molar-refractivity contribution in [2.75, 3.05) is 13.1 Å². The summed E-state index contributed by atoms with van der Waals surface area (Å²) in [5.74, 6) is 0.242. The molecule has 5 nitrogen and oxygen atoms in total. The van der Waals surface area contributed by atoms with Gasteiger partial charge in [0.2, 0.25) is 15.9 Å². The van der Waals surface area contributed by atoms with Crippen LogP contribution in [0.2, 0.25) is 0 Å². The normalized spacial score (nSPS) is 17.4. The molecule has 0 saturated carbocycles.